The first-order valence-electron chi connectivity index (χ1n) is 8.93. The average Bonchev–Trinajstić information content (AvgIpc) is 3.16. The second-order valence-electron chi connectivity index (χ2n) is 6.74. The maximum Gasteiger partial charge on any atom is 0.278 e. The predicted octanol–water partition coefficient (Wildman–Crippen LogP) is 3.20. The van der Waals surface area contributed by atoms with E-state index in [4.69, 9.17) is 21.1 Å². The van der Waals surface area contributed by atoms with Crippen LogP contribution in [0.2, 0.25) is 5.02 Å². The third-order valence-corrected chi connectivity index (χ3v) is 4.84. The lowest BCUT2D eigenvalue weighted by atomic mass is 10.2. The zero-order valence-electron chi connectivity index (χ0n) is 15.9. The lowest BCUT2D eigenvalue weighted by Gasteiger charge is -2.18. The number of nitrogens with zero attached hydrogens (tertiary/aromatic N) is 3. The van der Waals surface area contributed by atoms with Crippen LogP contribution in [0.5, 0.6) is 11.5 Å². The quantitative estimate of drug-likeness (QED) is 0.659. The molecule has 2 aromatic carbocycles. The predicted molar refractivity (Wildman–Crippen MR) is 108 cm³/mol. The van der Waals surface area contributed by atoms with E-state index in [1.54, 1.807) is 49.0 Å². The molecule has 0 radical (unpaired) electrons. The summed E-state index contributed by atoms with van der Waals surface area (Å²) in [7, 11) is 1.63. The van der Waals surface area contributed by atoms with Gasteiger partial charge in [0.05, 0.1) is 5.69 Å². The molecule has 0 atom stereocenters. The molecule has 148 valence electrons. The average molecular weight is 412 g/mol. The Balaban J connectivity index is 1.61. The van der Waals surface area contributed by atoms with Gasteiger partial charge in [-0.1, -0.05) is 17.7 Å². The van der Waals surface area contributed by atoms with Crippen molar-refractivity contribution in [2.75, 3.05) is 13.8 Å². The molecule has 0 fully saturated rings. The summed E-state index contributed by atoms with van der Waals surface area (Å²) in [5.41, 5.74) is 1.62. The van der Waals surface area contributed by atoms with Crippen LogP contribution in [0.4, 0.5) is 0 Å². The van der Waals surface area contributed by atoms with Crippen molar-refractivity contribution < 1.29 is 14.3 Å². The molecule has 1 amide bonds. The Morgan fingerprint density at radius 3 is 2.62 bits per heavy atom. The fourth-order valence-electron chi connectivity index (χ4n) is 3.10. The van der Waals surface area contributed by atoms with Gasteiger partial charge in [-0.2, -0.15) is 5.10 Å². The van der Waals surface area contributed by atoms with Crippen molar-refractivity contribution in [3.63, 3.8) is 0 Å². The maximum absolute atomic E-state index is 12.9. The maximum atomic E-state index is 12.9. The van der Waals surface area contributed by atoms with Gasteiger partial charge in [0.1, 0.15) is 0 Å². The zero-order valence-corrected chi connectivity index (χ0v) is 16.6. The van der Waals surface area contributed by atoms with E-state index in [2.05, 4.69) is 5.10 Å². The van der Waals surface area contributed by atoms with Crippen LogP contribution in [0, 0.1) is 6.92 Å². The Kier molecular flexibility index (Phi) is 4.98. The minimum absolute atomic E-state index is 0.145. The van der Waals surface area contributed by atoms with Crippen LogP contribution in [-0.4, -0.2) is 34.4 Å². The zero-order chi connectivity index (χ0) is 20.5. The molecule has 1 aliphatic rings. The van der Waals surface area contributed by atoms with E-state index in [1.165, 1.54) is 11.0 Å². The molecule has 1 aromatic heterocycles. The molecule has 29 heavy (non-hydrogen) atoms. The first-order valence-corrected chi connectivity index (χ1v) is 9.31. The summed E-state index contributed by atoms with van der Waals surface area (Å²) >= 11 is 5.94. The number of benzene rings is 2. The number of fused-ring (bicyclic) bond motifs is 1. The summed E-state index contributed by atoms with van der Waals surface area (Å²) in [4.78, 5) is 26.8. The van der Waals surface area contributed by atoms with Gasteiger partial charge in [0, 0.05) is 30.4 Å². The van der Waals surface area contributed by atoms with Crippen LogP contribution in [-0.2, 0) is 6.54 Å². The number of amides is 1. The molecule has 0 spiro atoms. The summed E-state index contributed by atoms with van der Waals surface area (Å²) in [5, 5.41) is 4.91. The number of rotatable bonds is 4. The van der Waals surface area contributed by atoms with Gasteiger partial charge in [0.15, 0.2) is 17.2 Å². The number of hydrogen-bond acceptors (Lipinski definition) is 5. The van der Waals surface area contributed by atoms with Crippen molar-refractivity contribution in [1.82, 2.24) is 14.7 Å². The van der Waals surface area contributed by atoms with Gasteiger partial charge < -0.3 is 14.4 Å². The highest BCUT2D eigenvalue weighted by atomic mass is 35.5. The number of halogens is 1. The first kappa shape index (κ1) is 19.0. The fraction of sp³-hybridized carbons (Fsp3) is 0.190. The van der Waals surface area contributed by atoms with E-state index < -0.39 is 11.3 Å². The highest BCUT2D eigenvalue weighted by Gasteiger charge is 2.21. The topological polar surface area (TPSA) is 73.7 Å². The van der Waals surface area contributed by atoms with E-state index in [1.807, 2.05) is 12.1 Å². The van der Waals surface area contributed by atoms with Crippen LogP contribution in [0.1, 0.15) is 21.7 Å². The largest absolute Gasteiger partial charge is 0.454 e. The van der Waals surface area contributed by atoms with Gasteiger partial charge in [-0.05, 0) is 48.9 Å². The molecule has 7 nitrogen and oxygen atoms in total. The van der Waals surface area contributed by atoms with Gasteiger partial charge in [-0.25, -0.2) is 4.68 Å². The Hall–Kier alpha value is -3.32. The molecule has 0 saturated carbocycles. The molecule has 0 N–H and O–H groups in total. The monoisotopic (exact) mass is 411 g/mol. The first-order chi connectivity index (χ1) is 13.9. The minimum Gasteiger partial charge on any atom is -0.454 e. The lowest BCUT2D eigenvalue weighted by Crippen LogP contribution is -2.33. The number of ether oxygens (including phenoxy) is 2. The molecule has 0 aliphatic carbocycles. The van der Waals surface area contributed by atoms with E-state index in [-0.39, 0.29) is 12.5 Å². The summed E-state index contributed by atoms with van der Waals surface area (Å²) < 4.78 is 12.2. The molecular weight excluding hydrogens is 394 g/mol. The number of hydrogen-bond donors (Lipinski definition) is 0. The summed E-state index contributed by atoms with van der Waals surface area (Å²) in [6.45, 7) is 2.24. The summed E-state index contributed by atoms with van der Waals surface area (Å²) in [6.07, 6.45) is 0. The van der Waals surface area contributed by atoms with Crippen LogP contribution < -0.4 is 14.9 Å². The Morgan fingerprint density at radius 1 is 1.14 bits per heavy atom. The molecular formula is C21H18ClN3O4. The minimum atomic E-state index is -0.463. The highest BCUT2D eigenvalue weighted by Crippen LogP contribution is 2.32. The van der Waals surface area contributed by atoms with Crippen molar-refractivity contribution >= 4 is 17.5 Å². The number of carbonyl (C=O) groups excluding carboxylic acids is 1. The molecule has 0 saturated heterocycles. The summed E-state index contributed by atoms with van der Waals surface area (Å²) in [5.74, 6) is 0.853. The third kappa shape index (κ3) is 3.82. The lowest BCUT2D eigenvalue weighted by molar-refractivity contribution is 0.0775. The van der Waals surface area contributed by atoms with Crippen LogP contribution in [0.25, 0.3) is 5.69 Å². The normalized spacial score (nSPS) is 12.1. The molecule has 1 aliphatic heterocycles. The van der Waals surface area contributed by atoms with E-state index in [0.29, 0.717) is 34.4 Å². The second kappa shape index (κ2) is 7.60. The van der Waals surface area contributed by atoms with Crippen molar-refractivity contribution in [3.05, 3.63) is 80.7 Å². The van der Waals surface area contributed by atoms with Crippen LogP contribution in [0.15, 0.2) is 53.3 Å². The van der Waals surface area contributed by atoms with Crippen molar-refractivity contribution in [2.24, 2.45) is 0 Å². The smallest absolute Gasteiger partial charge is 0.278 e. The van der Waals surface area contributed by atoms with Crippen molar-refractivity contribution in [3.8, 4) is 17.2 Å². The van der Waals surface area contributed by atoms with Crippen LogP contribution >= 0.6 is 11.6 Å². The molecule has 3 aromatic rings. The Bertz CT molecular complexity index is 1140. The van der Waals surface area contributed by atoms with Crippen LogP contribution in [0.3, 0.4) is 0 Å². The van der Waals surface area contributed by atoms with E-state index >= 15 is 0 Å². The molecule has 0 unspecified atom stereocenters. The Labute approximate surface area is 172 Å². The number of carbonyl (C=O) groups is 1. The second-order valence-corrected chi connectivity index (χ2v) is 7.17. The van der Waals surface area contributed by atoms with Gasteiger partial charge in [0.25, 0.3) is 5.91 Å². The fourth-order valence-corrected chi connectivity index (χ4v) is 3.23. The summed E-state index contributed by atoms with van der Waals surface area (Å²) in [6, 6.07) is 13.9. The van der Waals surface area contributed by atoms with Gasteiger partial charge in [-0.15, -0.1) is 0 Å². The van der Waals surface area contributed by atoms with E-state index in [9.17, 15) is 9.59 Å². The van der Waals surface area contributed by atoms with Gasteiger partial charge in [-0.3, -0.25) is 9.59 Å². The van der Waals surface area contributed by atoms with Gasteiger partial charge >= 0.3 is 0 Å². The van der Waals surface area contributed by atoms with Gasteiger partial charge in [0.2, 0.25) is 12.2 Å². The standard InChI is InChI=1S/C21H18ClN3O4/c1-13-9-17(26)20(23-25(13)16-6-4-15(22)5-7-16)21(27)24(2)11-14-3-8-18-19(10-14)29-12-28-18/h3-10H,11-12H2,1-2H3. The Morgan fingerprint density at radius 2 is 1.86 bits per heavy atom. The number of aryl methyl sites for hydroxylation is 1. The van der Waals surface area contributed by atoms with E-state index in [0.717, 1.165) is 5.56 Å². The third-order valence-electron chi connectivity index (χ3n) is 4.58. The van der Waals surface area contributed by atoms with Crippen molar-refractivity contribution in [2.45, 2.75) is 13.5 Å². The molecule has 8 heteroatoms. The van der Waals surface area contributed by atoms with Crippen molar-refractivity contribution in [1.29, 1.82) is 0 Å². The molecule has 2 heterocycles. The SMILES string of the molecule is Cc1cc(=O)c(C(=O)N(C)Cc2ccc3c(c2)OCO3)nn1-c1ccc(Cl)cc1. The number of aromatic nitrogens is 2. The highest BCUT2D eigenvalue weighted by molar-refractivity contribution is 6.30. The molecule has 0 bridgehead atoms. The molecule has 4 rings (SSSR count).